The lowest BCUT2D eigenvalue weighted by Gasteiger charge is -2.35. The van der Waals surface area contributed by atoms with Crippen molar-refractivity contribution in [1.29, 1.82) is 0 Å². The van der Waals surface area contributed by atoms with Crippen molar-refractivity contribution < 1.29 is 14.6 Å². The van der Waals surface area contributed by atoms with E-state index in [0.29, 0.717) is 31.4 Å². The molecular formula is C18H28N4O3. The fourth-order valence-electron chi connectivity index (χ4n) is 3.62. The fraction of sp³-hybridized carbons (Fsp3) is 0.667. The summed E-state index contributed by atoms with van der Waals surface area (Å²) in [6, 6.07) is 2.09. The number of rotatable bonds is 4. The van der Waals surface area contributed by atoms with E-state index in [4.69, 9.17) is 4.74 Å². The standard InChI is InChI=1S/C18H28N4O3/c1-13-9-15(10-19-16(13)22-7-4-3-5-14(22)2)20-17(24)21-18(11-23)6-8-25-12-18/h9-10,14,23H,3-8,11-12H2,1-2H3,(H2,20,21,24)/t14-,18-/m0/s1. The zero-order valence-electron chi connectivity index (χ0n) is 15.0. The molecule has 7 heteroatoms. The molecule has 25 heavy (non-hydrogen) atoms. The number of urea groups is 1. The number of aliphatic hydroxyl groups excluding tert-OH is 1. The summed E-state index contributed by atoms with van der Waals surface area (Å²) in [6.07, 6.45) is 5.96. The van der Waals surface area contributed by atoms with Gasteiger partial charge in [-0.15, -0.1) is 0 Å². The van der Waals surface area contributed by atoms with Crippen LogP contribution < -0.4 is 15.5 Å². The van der Waals surface area contributed by atoms with E-state index in [1.165, 1.54) is 19.3 Å². The first kappa shape index (κ1) is 17.9. The first-order chi connectivity index (χ1) is 12.0. The van der Waals surface area contributed by atoms with Gasteiger partial charge in [-0.3, -0.25) is 0 Å². The molecule has 3 N–H and O–H groups in total. The van der Waals surface area contributed by atoms with Gasteiger partial charge < -0.3 is 25.4 Å². The Bertz CT molecular complexity index is 616. The maximum absolute atomic E-state index is 12.3. The van der Waals surface area contributed by atoms with E-state index in [1.54, 1.807) is 6.20 Å². The second-order valence-corrected chi connectivity index (χ2v) is 7.22. The lowest BCUT2D eigenvalue weighted by molar-refractivity contribution is 0.126. The Balaban J connectivity index is 1.65. The number of anilines is 2. The van der Waals surface area contributed by atoms with Crippen LogP contribution in [0.4, 0.5) is 16.3 Å². The monoisotopic (exact) mass is 348 g/mol. The van der Waals surface area contributed by atoms with Crippen LogP contribution >= 0.6 is 0 Å². The van der Waals surface area contributed by atoms with E-state index in [0.717, 1.165) is 17.9 Å². The molecule has 0 saturated carbocycles. The number of amides is 2. The van der Waals surface area contributed by atoms with E-state index in [2.05, 4.69) is 27.4 Å². The van der Waals surface area contributed by atoms with Crippen LogP contribution in [0, 0.1) is 6.92 Å². The highest BCUT2D eigenvalue weighted by Crippen LogP contribution is 2.27. The third-order valence-corrected chi connectivity index (χ3v) is 5.17. The number of nitrogens with zero attached hydrogens (tertiary/aromatic N) is 2. The van der Waals surface area contributed by atoms with Gasteiger partial charge in [0, 0.05) is 19.2 Å². The number of carbonyl (C=O) groups excluding carboxylic acids is 1. The van der Waals surface area contributed by atoms with E-state index in [-0.39, 0.29) is 12.6 Å². The average Bonchev–Trinajstić information content (AvgIpc) is 3.05. The van der Waals surface area contributed by atoms with Gasteiger partial charge in [-0.1, -0.05) is 0 Å². The third kappa shape index (κ3) is 4.04. The normalized spacial score (nSPS) is 26.5. The van der Waals surface area contributed by atoms with Crippen molar-refractivity contribution in [3.63, 3.8) is 0 Å². The molecule has 1 aromatic heterocycles. The van der Waals surface area contributed by atoms with Crippen molar-refractivity contribution in [2.75, 3.05) is 36.6 Å². The zero-order valence-corrected chi connectivity index (χ0v) is 15.0. The SMILES string of the molecule is Cc1cc(NC(=O)N[C@]2(CO)CCOC2)cnc1N1CCCC[C@@H]1C. The smallest absolute Gasteiger partial charge is 0.319 e. The lowest BCUT2D eigenvalue weighted by atomic mass is 10.0. The molecule has 2 amide bonds. The molecule has 0 bridgehead atoms. The third-order valence-electron chi connectivity index (χ3n) is 5.17. The summed E-state index contributed by atoms with van der Waals surface area (Å²) in [5.74, 6) is 0.995. The fourth-order valence-corrected chi connectivity index (χ4v) is 3.62. The molecule has 138 valence electrons. The summed E-state index contributed by atoms with van der Waals surface area (Å²) >= 11 is 0. The van der Waals surface area contributed by atoms with Crippen molar-refractivity contribution in [2.24, 2.45) is 0 Å². The van der Waals surface area contributed by atoms with Gasteiger partial charge in [-0.2, -0.15) is 0 Å². The molecule has 1 aromatic rings. The van der Waals surface area contributed by atoms with Gasteiger partial charge >= 0.3 is 6.03 Å². The molecule has 0 aliphatic carbocycles. The summed E-state index contributed by atoms with van der Waals surface area (Å²) in [5, 5.41) is 15.2. The molecule has 0 unspecified atom stereocenters. The number of aliphatic hydroxyl groups is 1. The Kier molecular flexibility index (Phi) is 5.44. The Morgan fingerprint density at radius 2 is 2.36 bits per heavy atom. The number of nitrogens with one attached hydrogen (secondary N) is 2. The highest BCUT2D eigenvalue weighted by atomic mass is 16.5. The van der Waals surface area contributed by atoms with Crippen molar-refractivity contribution in [3.05, 3.63) is 17.8 Å². The molecule has 3 heterocycles. The Hall–Kier alpha value is -1.86. The Morgan fingerprint density at radius 1 is 1.52 bits per heavy atom. The molecule has 2 fully saturated rings. The van der Waals surface area contributed by atoms with Crippen LogP contribution in [0.15, 0.2) is 12.3 Å². The van der Waals surface area contributed by atoms with Crippen LogP contribution in [0.25, 0.3) is 0 Å². The molecule has 3 rings (SSSR count). The lowest BCUT2D eigenvalue weighted by Crippen LogP contribution is -2.53. The predicted octanol–water partition coefficient (Wildman–Crippen LogP) is 2.04. The number of hydrogen-bond donors (Lipinski definition) is 3. The minimum Gasteiger partial charge on any atom is -0.394 e. The van der Waals surface area contributed by atoms with Crippen molar-refractivity contribution >= 4 is 17.5 Å². The first-order valence-electron chi connectivity index (χ1n) is 9.04. The van der Waals surface area contributed by atoms with Crippen LogP contribution in [0.2, 0.25) is 0 Å². The Labute approximate surface area is 148 Å². The van der Waals surface area contributed by atoms with Gasteiger partial charge in [0.2, 0.25) is 0 Å². The molecular weight excluding hydrogens is 320 g/mol. The van der Waals surface area contributed by atoms with Crippen molar-refractivity contribution in [1.82, 2.24) is 10.3 Å². The highest BCUT2D eigenvalue weighted by Gasteiger charge is 2.35. The van der Waals surface area contributed by atoms with Gasteiger partial charge in [-0.25, -0.2) is 9.78 Å². The summed E-state index contributed by atoms with van der Waals surface area (Å²) in [4.78, 5) is 19.2. The number of carbonyl (C=O) groups is 1. The topological polar surface area (TPSA) is 86.7 Å². The maximum Gasteiger partial charge on any atom is 0.319 e. The van der Waals surface area contributed by atoms with E-state index >= 15 is 0 Å². The van der Waals surface area contributed by atoms with E-state index in [9.17, 15) is 9.90 Å². The molecule has 2 saturated heterocycles. The van der Waals surface area contributed by atoms with Crippen LogP contribution in [0.5, 0.6) is 0 Å². The van der Waals surface area contributed by atoms with Gasteiger partial charge in [0.25, 0.3) is 0 Å². The van der Waals surface area contributed by atoms with Gasteiger partial charge in [0.1, 0.15) is 5.82 Å². The molecule has 7 nitrogen and oxygen atoms in total. The number of pyridine rings is 1. The van der Waals surface area contributed by atoms with Crippen molar-refractivity contribution in [2.45, 2.75) is 51.1 Å². The minimum atomic E-state index is -0.685. The number of aryl methyl sites for hydroxylation is 1. The zero-order chi connectivity index (χ0) is 17.9. The quantitative estimate of drug-likeness (QED) is 0.775. The number of aromatic nitrogens is 1. The van der Waals surface area contributed by atoms with Crippen molar-refractivity contribution in [3.8, 4) is 0 Å². The molecule has 0 aromatic carbocycles. The number of ether oxygens (including phenoxy) is 1. The summed E-state index contributed by atoms with van der Waals surface area (Å²) in [6.45, 7) is 6.03. The highest BCUT2D eigenvalue weighted by molar-refractivity contribution is 5.90. The van der Waals surface area contributed by atoms with Gasteiger partial charge in [0.15, 0.2) is 0 Å². The summed E-state index contributed by atoms with van der Waals surface area (Å²) in [5.41, 5.74) is 1.01. The van der Waals surface area contributed by atoms with Crippen LogP contribution in [-0.4, -0.2) is 54.1 Å². The molecule has 2 atom stereocenters. The van der Waals surface area contributed by atoms with Crippen LogP contribution in [0.1, 0.15) is 38.2 Å². The van der Waals surface area contributed by atoms with E-state index < -0.39 is 5.54 Å². The number of piperidine rings is 1. The molecule has 2 aliphatic rings. The first-order valence-corrected chi connectivity index (χ1v) is 9.04. The second kappa shape index (κ2) is 7.58. The largest absolute Gasteiger partial charge is 0.394 e. The van der Waals surface area contributed by atoms with E-state index in [1.807, 2.05) is 13.0 Å². The predicted molar refractivity (Wildman–Crippen MR) is 97.0 cm³/mol. The minimum absolute atomic E-state index is 0.135. The number of hydrogen-bond acceptors (Lipinski definition) is 5. The maximum atomic E-state index is 12.3. The Morgan fingerprint density at radius 3 is 3.00 bits per heavy atom. The molecule has 0 radical (unpaired) electrons. The summed E-state index contributed by atoms with van der Waals surface area (Å²) in [7, 11) is 0. The van der Waals surface area contributed by atoms with Gasteiger partial charge in [-0.05, 0) is 51.2 Å². The molecule has 2 aliphatic heterocycles. The van der Waals surface area contributed by atoms with Gasteiger partial charge in [0.05, 0.1) is 30.6 Å². The van der Waals surface area contributed by atoms with Crippen LogP contribution in [0.3, 0.4) is 0 Å². The molecule has 0 spiro atoms. The van der Waals surface area contributed by atoms with Crippen LogP contribution in [-0.2, 0) is 4.74 Å². The average molecular weight is 348 g/mol. The second-order valence-electron chi connectivity index (χ2n) is 7.22. The summed E-state index contributed by atoms with van der Waals surface area (Å²) < 4.78 is 5.29.